The Balaban J connectivity index is 2.22. The Morgan fingerprint density at radius 3 is 2.53 bits per heavy atom. The summed E-state index contributed by atoms with van der Waals surface area (Å²) in [5, 5.41) is 3.40. The third kappa shape index (κ3) is 6.25. The summed E-state index contributed by atoms with van der Waals surface area (Å²) >= 11 is 0. The van der Waals surface area contributed by atoms with Crippen LogP contribution in [0.1, 0.15) is 25.3 Å². The van der Waals surface area contributed by atoms with Gasteiger partial charge in [0.25, 0.3) is 0 Å². The summed E-state index contributed by atoms with van der Waals surface area (Å²) in [4.78, 5) is 10.9. The standard InChI is InChI=1S/C15H23NO3/c1-12(16-10-4-5-15(17)19-3)11-13-6-8-14(18-2)9-7-13/h6-9,12,16H,4-5,10-11H2,1-3H3. The van der Waals surface area contributed by atoms with Gasteiger partial charge in [0.1, 0.15) is 5.75 Å². The van der Waals surface area contributed by atoms with Crippen LogP contribution in [-0.2, 0) is 16.0 Å². The van der Waals surface area contributed by atoms with E-state index in [0.717, 1.165) is 25.1 Å². The lowest BCUT2D eigenvalue weighted by Crippen LogP contribution is -2.29. The number of carbonyl (C=O) groups is 1. The average Bonchev–Trinajstić information content (AvgIpc) is 2.44. The van der Waals surface area contributed by atoms with Gasteiger partial charge in [0.15, 0.2) is 0 Å². The number of hydrogen-bond acceptors (Lipinski definition) is 4. The molecule has 0 fully saturated rings. The van der Waals surface area contributed by atoms with Crippen LogP contribution < -0.4 is 10.1 Å². The highest BCUT2D eigenvalue weighted by Crippen LogP contribution is 2.12. The summed E-state index contributed by atoms with van der Waals surface area (Å²) < 4.78 is 9.72. The molecule has 0 spiro atoms. The van der Waals surface area contributed by atoms with Crippen molar-refractivity contribution in [1.82, 2.24) is 5.32 Å². The van der Waals surface area contributed by atoms with Crippen molar-refractivity contribution >= 4 is 5.97 Å². The average molecular weight is 265 g/mol. The lowest BCUT2D eigenvalue weighted by Gasteiger charge is -2.13. The molecule has 0 aromatic heterocycles. The topological polar surface area (TPSA) is 47.6 Å². The molecule has 1 atom stereocenters. The SMILES string of the molecule is COC(=O)CCCNC(C)Cc1ccc(OC)cc1. The van der Waals surface area contributed by atoms with Gasteiger partial charge in [0.2, 0.25) is 0 Å². The fourth-order valence-electron chi connectivity index (χ4n) is 1.87. The number of ether oxygens (including phenoxy) is 2. The van der Waals surface area contributed by atoms with Crippen LogP contribution in [0.5, 0.6) is 5.75 Å². The molecule has 0 heterocycles. The van der Waals surface area contributed by atoms with Gasteiger partial charge in [-0.25, -0.2) is 0 Å². The molecule has 4 nitrogen and oxygen atoms in total. The van der Waals surface area contributed by atoms with Gasteiger partial charge in [-0.15, -0.1) is 0 Å². The van der Waals surface area contributed by atoms with Gasteiger partial charge in [-0.05, 0) is 44.0 Å². The number of carbonyl (C=O) groups excluding carboxylic acids is 1. The second-order valence-corrected chi connectivity index (χ2v) is 4.59. The van der Waals surface area contributed by atoms with Gasteiger partial charge in [0.05, 0.1) is 14.2 Å². The van der Waals surface area contributed by atoms with Crippen molar-refractivity contribution < 1.29 is 14.3 Å². The lowest BCUT2D eigenvalue weighted by atomic mass is 10.1. The van der Waals surface area contributed by atoms with E-state index in [9.17, 15) is 4.79 Å². The highest BCUT2D eigenvalue weighted by atomic mass is 16.5. The molecule has 1 rings (SSSR count). The molecule has 1 unspecified atom stereocenters. The fourth-order valence-corrected chi connectivity index (χ4v) is 1.87. The van der Waals surface area contributed by atoms with E-state index >= 15 is 0 Å². The quantitative estimate of drug-likeness (QED) is 0.578. The van der Waals surface area contributed by atoms with Gasteiger partial charge in [-0.1, -0.05) is 12.1 Å². The smallest absolute Gasteiger partial charge is 0.305 e. The predicted molar refractivity (Wildman–Crippen MR) is 75.4 cm³/mol. The number of nitrogens with one attached hydrogen (secondary N) is 1. The first kappa shape index (κ1) is 15.5. The van der Waals surface area contributed by atoms with Crippen molar-refractivity contribution in [2.24, 2.45) is 0 Å². The van der Waals surface area contributed by atoms with Crippen molar-refractivity contribution in [2.45, 2.75) is 32.2 Å². The number of esters is 1. The maximum absolute atomic E-state index is 10.9. The Morgan fingerprint density at radius 2 is 1.95 bits per heavy atom. The number of methoxy groups -OCH3 is 2. The second-order valence-electron chi connectivity index (χ2n) is 4.59. The fraction of sp³-hybridized carbons (Fsp3) is 0.533. The maximum atomic E-state index is 10.9. The summed E-state index contributed by atoms with van der Waals surface area (Å²) in [7, 11) is 3.09. The van der Waals surface area contributed by atoms with E-state index in [2.05, 4.69) is 29.1 Å². The Kier molecular flexibility index (Phi) is 6.97. The summed E-state index contributed by atoms with van der Waals surface area (Å²) in [5.41, 5.74) is 1.27. The molecular weight excluding hydrogens is 242 g/mol. The molecule has 1 N–H and O–H groups in total. The lowest BCUT2D eigenvalue weighted by molar-refractivity contribution is -0.140. The maximum Gasteiger partial charge on any atom is 0.305 e. The first-order valence-electron chi connectivity index (χ1n) is 6.59. The van der Waals surface area contributed by atoms with Gasteiger partial charge < -0.3 is 14.8 Å². The summed E-state index contributed by atoms with van der Waals surface area (Å²) in [6.07, 6.45) is 2.24. The minimum absolute atomic E-state index is 0.149. The molecule has 4 heteroatoms. The van der Waals surface area contributed by atoms with E-state index in [0.29, 0.717) is 12.5 Å². The predicted octanol–water partition coefficient (Wildman–Crippen LogP) is 2.17. The van der Waals surface area contributed by atoms with E-state index in [1.54, 1.807) is 7.11 Å². The molecule has 0 aliphatic carbocycles. The largest absolute Gasteiger partial charge is 0.497 e. The molecule has 0 aliphatic rings. The Bertz CT molecular complexity index is 375. The normalized spacial score (nSPS) is 11.9. The number of hydrogen-bond donors (Lipinski definition) is 1. The van der Waals surface area contributed by atoms with Gasteiger partial charge in [0, 0.05) is 12.5 Å². The summed E-state index contributed by atoms with van der Waals surface area (Å²) in [6.45, 7) is 2.97. The Labute approximate surface area is 115 Å². The molecule has 0 saturated carbocycles. The Hall–Kier alpha value is -1.55. The van der Waals surface area contributed by atoms with Crippen LogP contribution in [0, 0.1) is 0 Å². The first-order valence-corrected chi connectivity index (χ1v) is 6.59. The molecule has 0 amide bonds. The molecule has 1 aromatic rings. The van der Waals surface area contributed by atoms with Gasteiger partial charge in [-0.3, -0.25) is 4.79 Å². The Morgan fingerprint density at radius 1 is 1.26 bits per heavy atom. The summed E-state index contributed by atoms with van der Waals surface area (Å²) in [6, 6.07) is 8.47. The minimum atomic E-state index is -0.149. The van der Waals surface area contributed by atoms with Crippen LogP contribution in [0.3, 0.4) is 0 Å². The van der Waals surface area contributed by atoms with E-state index in [4.69, 9.17) is 4.74 Å². The number of rotatable bonds is 8. The monoisotopic (exact) mass is 265 g/mol. The highest BCUT2D eigenvalue weighted by molar-refractivity contribution is 5.69. The van der Waals surface area contributed by atoms with Crippen LogP contribution in [0.2, 0.25) is 0 Å². The van der Waals surface area contributed by atoms with E-state index in [1.165, 1.54) is 12.7 Å². The molecule has 19 heavy (non-hydrogen) atoms. The van der Waals surface area contributed by atoms with Crippen LogP contribution in [0.15, 0.2) is 24.3 Å². The molecule has 0 bridgehead atoms. The molecular formula is C15H23NO3. The van der Waals surface area contributed by atoms with E-state index < -0.39 is 0 Å². The van der Waals surface area contributed by atoms with Crippen molar-refractivity contribution in [1.29, 1.82) is 0 Å². The van der Waals surface area contributed by atoms with Crippen molar-refractivity contribution in [2.75, 3.05) is 20.8 Å². The van der Waals surface area contributed by atoms with Crippen molar-refractivity contribution in [3.05, 3.63) is 29.8 Å². The van der Waals surface area contributed by atoms with E-state index in [1.807, 2.05) is 12.1 Å². The van der Waals surface area contributed by atoms with Gasteiger partial charge in [-0.2, -0.15) is 0 Å². The van der Waals surface area contributed by atoms with Crippen molar-refractivity contribution in [3.8, 4) is 5.75 Å². The molecule has 0 aliphatic heterocycles. The number of benzene rings is 1. The van der Waals surface area contributed by atoms with Crippen LogP contribution in [0.4, 0.5) is 0 Å². The van der Waals surface area contributed by atoms with Crippen molar-refractivity contribution in [3.63, 3.8) is 0 Å². The highest BCUT2D eigenvalue weighted by Gasteiger charge is 2.04. The zero-order valence-corrected chi connectivity index (χ0v) is 11.9. The molecule has 1 aromatic carbocycles. The molecule has 106 valence electrons. The summed E-state index contributed by atoms with van der Waals surface area (Å²) in [5.74, 6) is 0.729. The van der Waals surface area contributed by atoms with E-state index in [-0.39, 0.29) is 5.97 Å². The van der Waals surface area contributed by atoms with Crippen LogP contribution in [0.25, 0.3) is 0 Å². The van der Waals surface area contributed by atoms with Gasteiger partial charge >= 0.3 is 5.97 Å². The third-order valence-electron chi connectivity index (χ3n) is 2.98. The zero-order chi connectivity index (χ0) is 14.1. The zero-order valence-electron chi connectivity index (χ0n) is 11.9. The molecule has 0 saturated heterocycles. The van der Waals surface area contributed by atoms with Crippen LogP contribution in [-0.4, -0.2) is 32.8 Å². The van der Waals surface area contributed by atoms with Crippen LogP contribution >= 0.6 is 0 Å². The third-order valence-corrected chi connectivity index (χ3v) is 2.98. The minimum Gasteiger partial charge on any atom is -0.497 e. The first-order chi connectivity index (χ1) is 9.15. The molecule has 0 radical (unpaired) electrons. The second kappa shape index (κ2) is 8.53.